The average molecular weight is 310 g/mol. The Balaban J connectivity index is 1.71. The number of rotatable bonds is 7. The van der Waals surface area contributed by atoms with Crippen LogP contribution in [0.5, 0.6) is 0 Å². The normalized spacial score (nSPS) is 18.0. The summed E-state index contributed by atoms with van der Waals surface area (Å²) in [4.78, 5) is 5.04. The molecule has 0 aliphatic carbocycles. The lowest BCUT2D eigenvalue weighted by molar-refractivity contribution is 0.222. The van der Waals surface area contributed by atoms with Crippen LogP contribution in [0, 0.1) is 5.92 Å². The van der Waals surface area contributed by atoms with Gasteiger partial charge in [-0.15, -0.1) is 0 Å². The number of hydrogen-bond donors (Lipinski definition) is 1. The number of piperazine rings is 1. The fraction of sp³-hybridized carbons (Fsp3) is 0.647. The summed E-state index contributed by atoms with van der Waals surface area (Å²) in [5.41, 5.74) is 1.29. The first kappa shape index (κ1) is 16.6. The van der Waals surface area contributed by atoms with Crippen molar-refractivity contribution in [3.8, 4) is 0 Å². The van der Waals surface area contributed by atoms with Crippen molar-refractivity contribution >= 4 is 17.3 Å². The minimum Gasteiger partial charge on any atom is -0.369 e. The summed E-state index contributed by atoms with van der Waals surface area (Å²) in [5.74, 6) is 0.721. The summed E-state index contributed by atoms with van der Waals surface area (Å²) in [6, 6.07) is 8.19. The summed E-state index contributed by atoms with van der Waals surface area (Å²) >= 11 is 5.95. The number of hydrogen-bond acceptors (Lipinski definition) is 3. The van der Waals surface area contributed by atoms with Crippen LogP contribution in [0.4, 0.5) is 5.69 Å². The highest BCUT2D eigenvalue weighted by atomic mass is 35.5. The predicted octanol–water partition coefficient (Wildman–Crippen LogP) is 3.10. The van der Waals surface area contributed by atoms with Gasteiger partial charge in [-0.2, -0.15) is 0 Å². The van der Waals surface area contributed by atoms with Gasteiger partial charge in [-0.3, -0.25) is 4.90 Å². The number of nitrogens with zero attached hydrogens (tertiary/aromatic N) is 2. The largest absolute Gasteiger partial charge is 0.369 e. The second-order valence-corrected chi connectivity index (χ2v) is 6.51. The number of anilines is 1. The number of nitrogens with one attached hydrogen (secondary N) is 1. The van der Waals surface area contributed by atoms with E-state index in [1.807, 2.05) is 12.1 Å². The summed E-state index contributed by atoms with van der Waals surface area (Å²) in [6.45, 7) is 12.5. The van der Waals surface area contributed by atoms with E-state index in [0.717, 1.165) is 50.2 Å². The van der Waals surface area contributed by atoms with Crippen LogP contribution < -0.4 is 10.2 Å². The lowest BCUT2D eigenvalue weighted by atomic mass is 10.1. The van der Waals surface area contributed by atoms with Gasteiger partial charge in [0, 0.05) is 43.4 Å². The molecule has 1 aliphatic rings. The molecule has 1 fully saturated rings. The molecule has 2 rings (SSSR count). The smallest absolute Gasteiger partial charge is 0.0407 e. The highest BCUT2D eigenvalue weighted by Crippen LogP contribution is 2.19. The first-order valence-corrected chi connectivity index (χ1v) is 8.50. The fourth-order valence-corrected chi connectivity index (χ4v) is 3.00. The van der Waals surface area contributed by atoms with Crippen molar-refractivity contribution in [1.29, 1.82) is 0 Å². The van der Waals surface area contributed by atoms with Gasteiger partial charge in [0.15, 0.2) is 0 Å². The maximum Gasteiger partial charge on any atom is 0.0407 e. The second-order valence-electron chi connectivity index (χ2n) is 6.07. The third kappa shape index (κ3) is 5.50. The molecule has 0 radical (unpaired) electrons. The molecule has 0 saturated carbocycles. The van der Waals surface area contributed by atoms with Crippen LogP contribution in [0.1, 0.15) is 20.3 Å². The monoisotopic (exact) mass is 309 g/mol. The average Bonchev–Trinajstić information content (AvgIpc) is 2.49. The lowest BCUT2D eigenvalue weighted by Gasteiger charge is -2.37. The molecule has 1 aromatic rings. The Bertz CT molecular complexity index is 399. The van der Waals surface area contributed by atoms with Crippen molar-refractivity contribution in [2.75, 3.05) is 50.7 Å². The van der Waals surface area contributed by atoms with Crippen LogP contribution in [0.25, 0.3) is 0 Å². The summed E-state index contributed by atoms with van der Waals surface area (Å²) < 4.78 is 0. The molecule has 1 N–H and O–H groups in total. The lowest BCUT2D eigenvalue weighted by Crippen LogP contribution is -2.48. The van der Waals surface area contributed by atoms with Crippen molar-refractivity contribution in [1.82, 2.24) is 10.2 Å². The van der Waals surface area contributed by atoms with Crippen LogP contribution >= 0.6 is 11.6 Å². The first-order valence-electron chi connectivity index (χ1n) is 8.12. The van der Waals surface area contributed by atoms with E-state index in [0.29, 0.717) is 0 Å². The molecule has 1 unspecified atom stereocenters. The molecule has 118 valence electrons. The number of benzene rings is 1. The van der Waals surface area contributed by atoms with Crippen molar-refractivity contribution < 1.29 is 0 Å². The standard InChI is InChI=1S/C17H28ClN3/c1-3-8-19-13-15(2)14-20-9-11-21(12-10-20)17-6-4-16(18)5-7-17/h4-7,15,19H,3,8-14H2,1-2H3. The second kappa shape index (κ2) is 8.62. The zero-order valence-electron chi connectivity index (χ0n) is 13.3. The van der Waals surface area contributed by atoms with Crippen LogP contribution in [-0.2, 0) is 0 Å². The van der Waals surface area contributed by atoms with Gasteiger partial charge in [-0.1, -0.05) is 25.4 Å². The molecular formula is C17H28ClN3. The predicted molar refractivity (Wildman–Crippen MR) is 92.4 cm³/mol. The van der Waals surface area contributed by atoms with E-state index < -0.39 is 0 Å². The third-order valence-corrected chi connectivity index (χ3v) is 4.31. The molecule has 0 amide bonds. The molecule has 1 aliphatic heterocycles. The van der Waals surface area contributed by atoms with Gasteiger partial charge in [-0.25, -0.2) is 0 Å². The van der Waals surface area contributed by atoms with Crippen molar-refractivity contribution in [3.05, 3.63) is 29.3 Å². The van der Waals surface area contributed by atoms with E-state index in [2.05, 4.69) is 41.1 Å². The van der Waals surface area contributed by atoms with Gasteiger partial charge in [0.25, 0.3) is 0 Å². The van der Waals surface area contributed by atoms with Crippen molar-refractivity contribution in [3.63, 3.8) is 0 Å². The zero-order valence-corrected chi connectivity index (χ0v) is 14.1. The van der Waals surface area contributed by atoms with Crippen LogP contribution in [-0.4, -0.2) is 50.7 Å². The molecule has 21 heavy (non-hydrogen) atoms. The highest BCUT2D eigenvalue weighted by molar-refractivity contribution is 6.30. The molecule has 1 atom stereocenters. The molecule has 0 aromatic heterocycles. The Kier molecular flexibility index (Phi) is 6.81. The molecule has 0 bridgehead atoms. The van der Waals surface area contributed by atoms with Crippen molar-refractivity contribution in [2.45, 2.75) is 20.3 Å². The van der Waals surface area contributed by atoms with Gasteiger partial charge in [0.05, 0.1) is 0 Å². The summed E-state index contributed by atoms with van der Waals surface area (Å²) in [7, 11) is 0. The molecule has 4 heteroatoms. The maximum atomic E-state index is 5.95. The van der Waals surface area contributed by atoms with E-state index in [1.165, 1.54) is 18.7 Å². The molecule has 1 heterocycles. The summed E-state index contributed by atoms with van der Waals surface area (Å²) in [6.07, 6.45) is 1.21. The molecule has 1 saturated heterocycles. The highest BCUT2D eigenvalue weighted by Gasteiger charge is 2.18. The summed E-state index contributed by atoms with van der Waals surface area (Å²) in [5, 5.41) is 4.33. The Morgan fingerprint density at radius 1 is 1.14 bits per heavy atom. The van der Waals surface area contributed by atoms with Gasteiger partial charge in [0.1, 0.15) is 0 Å². The van der Waals surface area contributed by atoms with Gasteiger partial charge < -0.3 is 10.2 Å². The number of halogens is 1. The van der Waals surface area contributed by atoms with Crippen molar-refractivity contribution in [2.24, 2.45) is 5.92 Å². The quantitative estimate of drug-likeness (QED) is 0.781. The van der Waals surface area contributed by atoms with Gasteiger partial charge >= 0.3 is 0 Å². The van der Waals surface area contributed by atoms with E-state index >= 15 is 0 Å². The van der Waals surface area contributed by atoms with E-state index in [1.54, 1.807) is 0 Å². The topological polar surface area (TPSA) is 18.5 Å². The Morgan fingerprint density at radius 2 is 1.81 bits per heavy atom. The third-order valence-electron chi connectivity index (χ3n) is 4.05. The van der Waals surface area contributed by atoms with E-state index in [-0.39, 0.29) is 0 Å². The molecule has 3 nitrogen and oxygen atoms in total. The molecule has 0 spiro atoms. The van der Waals surface area contributed by atoms with E-state index in [4.69, 9.17) is 11.6 Å². The Hall–Kier alpha value is -0.770. The van der Waals surface area contributed by atoms with E-state index in [9.17, 15) is 0 Å². The maximum absolute atomic E-state index is 5.95. The SMILES string of the molecule is CCCNCC(C)CN1CCN(c2ccc(Cl)cc2)CC1. The molecule has 1 aromatic carbocycles. The van der Waals surface area contributed by atoms with Crippen LogP contribution in [0.15, 0.2) is 24.3 Å². The van der Waals surface area contributed by atoms with Gasteiger partial charge in [-0.05, 0) is 49.7 Å². The minimum absolute atomic E-state index is 0.721. The Morgan fingerprint density at radius 3 is 2.43 bits per heavy atom. The first-order chi connectivity index (χ1) is 10.2. The zero-order chi connectivity index (χ0) is 15.1. The minimum atomic E-state index is 0.721. The fourth-order valence-electron chi connectivity index (χ4n) is 2.87. The molecular weight excluding hydrogens is 282 g/mol. The van der Waals surface area contributed by atoms with Gasteiger partial charge in [0.2, 0.25) is 0 Å². The van der Waals surface area contributed by atoms with Crippen LogP contribution in [0.3, 0.4) is 0 Å². The van der Waals surface area contributed by atoms with Crippen LogP contribution in [0.2, 0.25) is 5.02 Å². The Labute approximate surface area is 134 Å².